The van der Waals surface area contributed by atoms with Gasteiger partial charge in [0.15, 0.2) is 0 Å². The van der Waals surface area contributed by atoms with E-state index in [2.05, 4.69) is 18.5 Å². The molecule has 0 aromatic heterocycles. The van der Waals surface area contributed by atoms with Crippen molar-refractivity contribution in [3.8, 4) is 5.75 Å². The monoisotopic (exact) mass is 297 g/mol. The molecule has 0 spiro atoms. The molecule has 112 valence electrons. The van der Waals surface area contributed by atoms with Crippen LogP contribution in [-0.4, -0.2) is 24.7 Å². The molecule has 2 unspecified atom stereocenters. The van der Waals surface area contributed by atoms with E-state index in [-0.39, 0.29) is 11.9 Å². The molecule has 1 heterocycles. The fraction of sp³-hybridized carbons (Fsp3) is 0.625. The van der Waals surface area contributed by atoms with E-state index in [1.807, 2.05) is 17.8 Å². The highest BCUT2D eigenvalue weighted by atomic mass is 32.2. The van der Waals surface area contributed by atoms with Gasteiger partial charge in [0.25, 0.3) is 0 Å². The van der Waals surface area contributed by atoms with Crippen LogP contribution in [0.5, 0.6) is 5.75 Å². The summed E-state index contributed by atoms with van der Waals surface area (Å²) in [6.07, 6.45) is 6.60. The van der Waals surface area contributed by atoms with Gasteiger partial charge >= 0.3 is 0 Å². The lowest BCUT2D eigenvalue weighted by molar-refractivity contribution is 0.140. The van der Waals surface area contributed by atoms with Crippen LogP contribution in [0.2, 0.25) is 0 Å². The van der Waals surface area contributed by atoms with Crippen LogP contribution >= 0.6 is 11.8 Å². The zero-order chi connectivity index (χ0) is 14.4. The molecule has 2 atom stereocenters. The first-order chi connectivity index (χ1) is 9.74. The minimum Gasteiger partial charge on any atom is -0.490 e. The Hall–Kier alpha value is -0.740. The number of rotatable bonds is 7. The highest BCUT2D eigenvalue weighted by Crippen LogP contribution is 2.36. The van der Waals surface area contributed by atoms with Crippen LogP contribution in [0.15, 0.2) is 18.2 Å². The zero-order valence-corrected chi connectivity index (χ0v) is 13.1. The quantitative estimate of drug-likeness (QED) is 0.764. The Morgan fingerprint density at radius 2 is 2.30 bits per heavy atom. The van der Waals surface area contributed by atoms with E-state index < -0.39 is 0 Å². The van der Waals surface area contributed by atoms with Crippen LogP contribution < -0.4 is 10.1 Å². The third kappa shape index (κ3) is 4.13. The van der Waals surface area contributed by atoms with Crippen molar-refractivity contribution >= 4 is 11.8 Å². The summed E-state index contributed by atoms with van der Waals surface area (Å²) in [5.74, 6) is 1.66. The second kappa shape index (κ2) is 7.89. The molecule has 2 rings (SSSR count). The van der Waals surface area contributed by atoms with E-state index in [4.69, 9.17) is 4.74 Å². The molecule has 0 radical (unpaired) electrons. The summed E-state index contributed by atoms with van der Waals surface area (Å²) in [6, 6.07) is 5.20. The fourth-order valence-electron chi connectivity index (χ4n) is 2.66. The Bertz CT molecular complexity index is 427. The fourth-order valence-corrected chi connectivity index (χ4v) is 3.11. The summed E-state index contributed by atoms with van der Waals surface area (Å²) in [6.45, 7) is 3.15. The van der Waals surface area contributed by atoms with E-state index in [0.717, 1.165) is 49.3 Å². The molecule has 1 aliphatic rings. The molecular formula is C16H24FNOS. The van der Waals surface area contributed by atoms with Gasteiger partial charge in [-0.15, -0.1) is 0 Å². The average molecular weight is 297 g/mol. The Balaban J connectivity index is 2.07. The summed E-state index contributed by atoms with van der Waals surface area (Å²) in [5, 5.41) is 3.56. The van der Waals surface area contributed by atoms with E-state index in [9.17, 15) is 4.39 Å². The Labute approximate surface area is 125 Å². The molecule has 0 aliphatic carbocycles. The van der Waals surface area contributed by atoms with Crippen LogP contribution in [0.4, 0.5) is 4.39 Å². The molecule has 4 heteroatoms. The third-order valence-corrected chi connectivity index (χ3v) is 4.36. The molecule has 20 heavy (non-hydrogen) atoms. The van der Waals surface area contributed by atoms with Gasteiger partial charge < -0.3 is 10.1 Å². The molecule has 0 bridgehead atoms. The second-order valence-electron chi connectivity index (χ2n) is 5.30. The lowest BCUT2D eigenvalue weighted by atomic mass is 9.94. The minimum absolute atomic E-state index is 0.200. The van der Waals surface area contributed by atoms with Gasteiger partial charge in [0.2, 0.25) is 0 Å². The van der Waals surface area contributed by atoms with Crippen LogP contribution in [0.25, 0.3) is 0 Å². The first-order valence-electron chi connectivity index (χ1n) is 7.43. The maximum absolute atomic E-state index is 13.4. The molecule has 0 amide bonds. The van der Waals surface area contributed by atoms with Crippen molar-refractivity contribution in [1.29, 1.82) is 0 Å². The molecule has 1 N–H and O–H groups in total. The number of benzene rings is 1. The number of halogens is 1. The van der Waals surface area contributed by atoms with Gasteiger partial charge in [-0.05, 0) is 43.9 Å². The maximum atomic E-state index is 13.4. The molecule has 0 saturated heterocycles. The van der Waals surface area contributed by atoms with Crippen molar-refractivity contribution in [1.82, 2.24) is 5.32 Å². The molecule has 1 aromatic carbocycles. The number of thioether (sulfide) groups is 1. The zero-order valence-electron chi connectivity index (χ0n) is 12.3. The average Bonchev–Trinajstić information content (AvgIpc) is 2.44. The van der Waals surface area contributed by atoms with Crippen LogP contribution in [0, 0.1) is 5.82 Å². The number of hydrogen-bond donors (Lipinski definition) is 1. The van der Waals surface area contributed by atoms with Gasteiger partial charge in [-0.25, -0.2) is 4.39 Å². The van der Waals surface area contributed by atoms with Gasteiger partial charge in [-0.1, -0.05) is 13.0 Å². The van der Waals surface area contributed by atoms with E-state index in [1.54, 1.807) is 0 Å². The second-order valence-corrected chi connectivity index (χ2v) is 6.29. The maximum Gasteiger partial charge on any atom is 0.127 e. The van der Waals surface area contributed by atoms with Crippen molar-refractivity contribution in [3.63, 3.8) is 0 Å². The van der Waals surface area contributed by atoms with Crippen LogP contribution in [0.3, 0.4) is 0 Å². The molecule has 1 aromatic rings. The van der Waals surface area contributed by atoms with Gasteiger partial charge in [-0.2, -0.15) is 11.8 Å². The molecule has 1 aliphatic heterocycles. The van der Waals surface area contributed by atoms with Gasteiger partial charge in [0.05, 0.1) is 0 Å². The molecule has 0 saturated carbocycles. The minimum atomic E-state index is -0.220. The topological polar surface area (TPSA) is 21.3 Å². The van der Waals surface area contributed by atoms with Crippen molar-refractivity contribution in [2.24, 2.45) is 0 Å². The lowest BCUT2D eigenvalue weighted by Gasteiger charge is -2.33. The highest BCUT2D eigenvalue weighted by molar-refractivity contribution is 7.98. The molecular weight excluding hydrogens is 273 g/mol. The predicted molar refractivity (Wildman–Crippen MR) is 84.1 cm³/mol. The van der Waals surface area contributed by atoms with Crippen molar-refractivity contribution < 1.29 is 9.13 Å². The van der Waals surface area contributed by atoms with E-state index >= 15 is 0 Å². The van der Waals surface area contributed by atoms with Crippen molar-refractivity contribution in [3.05, 3.63) is 29.6 Å². The largest absolute Gasteiger partial charge is 0.490 e. The normalized spacial score (nSPS) is 21.4. The predicted octanol–water partition coefficient (Wildman–Crippen LogP) is 4.16. The first kappa shape index (κ1) is 15.6. The van der Waals surface area contributed by atoms with Crippen molar-refractivity contribution in [2.45, 2.75) is 44.8 Å². The van der Waals surface area contributed by atoms with Gasteiger partial charge in [0.1, 0.15) is 17.7 Å². The number of ether oxygens (including phenoxy) is 1. The SMILES string of the molecule is CCCNC1CC(CCCSC)Oc2cc(F)ccc21. The van der Waals surface area contributed by atoms with Crippen LogP contribution in [0.1, 0.15) is 44.2 Å². The van der Waals surface area contributed by atoms with Gasteiger partial charge in [0, 0.05) is 24.1 Å². The van der Waals surface area contributed by atoms with E-state index in [1.165, 1.54) is 12.1 Å². The van der Waals surface area contributed by atoms with Crippen LogP contribution in [-0.2, 0) is 0 Å². The Morgan fingerprint density at radius 3 is 3.05 bits per heavy atom. The van der Waals surface area contributed by atoms with Gasteiger partial charge in [-0.3, -0.25) is 0 Å². The first-order valence-corrected chi connectivity index (χ1v) is 8.82. The lowest BCUT2D eigenvalue weighted by Crippen LogP contribution is -2.33. The Kier molecular flexibility index (Phi) is 6.17. The summed E-state index contributed by atoms with van der Waals surface area (Å²) in [4.78, 5) is 0. The summed E-state index contributed by atoms with van der Waals surface area (Å²) >= 11 is 1.86. The molecule has 2 nitrogen and oxygen atoms in total. The van der Waals surface area contributed by atoms with Crippen molar-refractivity contribution in [2.75, 3.05) is 18.6 Å². The number of nitrogens with one attached hydrogen (secondary N) is 1. The highest BCUT2D eigenvalue weighted by Gasteiger charge is 2.27. The smallest absolute Gasteiger partial charge is 0.127 e. The summed E-state index contributed by atoms with van der Waals surface area (Å²) < 4.78 is 19.4. The Morgan fingerprint density at radius 1 is 1.45 bits per heavy atom. The summed E-state index contributed by atoms with van der Waals surface area (Å²) in [7, 11) is 0. The summed E-state index contributed by atoms with van der Waals surface area (Å²) in [5.41, 5.74) is 1.10. The number of fused-ring (bicyclic) bond motifs is 1. The molecule has 0 fully saturated rings. The van der Waals surface area contributed by atoms with E-state index in [0.29, 0.717) is 6.04 Å². The number of hydrogen-bond acceptors (Lipinski definition) is 3. The standard InChI is InChI=1S/C16H24FNOS/c1-3-8-18-15-11-13(5-4-9-20-2)19-16-10-12(17)6-7-14(15)16/h6-7,10,13,15,18H,3-5,8-9,11H2,1-2H3. The third-order valence-electron chi connectivity index (χ3n) is 3.66.